The van der Waals surface area contributed by atoms with Crippen LogP contribution in [0.25, 0.3) is 0 Å². The minimum Gasteiger partial charge on any atom is -0.480 e. The van der Waals surface area contributed by atoms with Gasteiger partial charge in [0, 0.05) is 6.26 Å². The molecule has 0 saturated heterocycles. The molecule has 2 atom stereocenters. The van der Waals surface area contributed by atoms with E-state index in [4.69, 9.17) is 5.11 Å². The molecular formula is C13H18FNO6S2. The number of hydrogen-bond donors (Lipinski definition) is 2. The quantitative estimate of drug-likeness (QED) is 0.742. The molecule has 0 aliphatic rings. The maximum atomic E-state index is 13.8. The second-order valence-corrected chi connectivity index (χ2v) is 8.89. The summed E-state index contributed by atoms with van der Waals surface area (Å²) in [5.74, 6) is -3.05. The topological polar surface area (TPSA) is 118 Å². The number of rotatable bonds is 7. The zero-order chi connectivity index (χ0) is 18.0. The lowest BCUT2D eigenvalue weighted by Gasteiger charge is -2.20. The summed E-state index contributed by atoms with van der Waals surface area (Å²) in [5, 5.41) is 9.11. The third-order valence-corrected chi connectivity index (χ3v) is 5.94. The zero-order valence-electron chi connectivity index (χ0n) is 12.8. The highest BCUT2D eigenvalue weighted by Gasteiger charge is 2.30. The van der Waals surface area contributed by atoms with Crippen molar-refractivity contribution in [2.45, 2.75) is 36.1 Å². The van der Waals surface area contributed by atoms with Gasteiger partial charge in [-0.3, -0.25) is 4.79 Å². The smallest absolute Gasteiger partial charge is 0.322 e. The average Bonchev–Trinajstić information content (AvgIpc) is 2.42. The summed E-state index contributed by atoms with van der Waals surface area (Å²) in [6.07, 6.45) is 1.21. The number of nitrogens with one attached hydrogen (secondary N) is 1. The number of sulfonamides is 1. The van der Waals surface area contributed by atoms with Gasteiger partial charge in [0.15, 0.2) is 9.84 Å². The summed E-state index contributed by atoms with van der Waals surface area (Å²) in [7, 11) is -8.14. The molecule has 1 aromatic rings. The number of aliphatic carboxylic acids is 1. The molecule has 0 radical (unpaired) electrons. The second kappa shape index (κ2) is 6.93. The van der Waals surface area contributed by atoms with E-state index in [0.717, 1.165) is 18.4 Å². The van der Waals surface area contributed by atoms with Crippen molar-refractivity contribution in [3.63, 3.8) is 0 Å². The van der Waals surface area contributed by atoms with Crippen molar-refractivity contribution in [3.05, 3.63) is 24.0 Å². The Hall–Kier alpha value is -1.52. The molecule has 10 heteroatoms. The molecule has 2 N–H and O–H groups in total. The Morgan fingerprint density at radius 1 is 1.30 bits per heavy atom. The van der Waals surface area contributed by atoms with Crippen LogP contribution in [-0.2, 0) is 24.7 Å². The van der Waals surface area contributed by atoms with Gasteiger partial charge in [0.05, 0.1) is 4.90 Å². The van der Waals surface area contributed by atoms with Gasteiger partial charge >= 0.3 is 5.97 Å². The van der Waals surface area contributed by atoms with E-state index in [9.17, 15) is 26.0 Å². The Bertz CT molecular complexity index is 804. The van der Waals surface area contributed by atoms with Crippen molar-refractivity contribution >= 4 is 25.8 Å². The Labute approximate surface area is 134 Å². The van der Waals surface area contributed by atoms with Crippen LogP contribution in [0, 0.1) is 11.7 Å². The molecule has 1 rings (SSSR count). The van der Waals surface area contributed by atoms with Crippen LogP contribution in [0.2, 0.25) is 0 Å². The first-order chi connectivity index (χ1) is 10.4. The minimum absolute atomic E-state index is 0.418. The van der Waals surface area contributed by atoms with E-state index in [1.165, 1.54) is 0 Å². The van der Waals surface area contributed by atoms with E-state index in [0.29, 0.717) is 12.5 Å². The largest absolute Gasteiger partial charge is 0.480 e. The van der Waals surface area contributed by atoms with E-state index < -0.39 is 53.4 Å². The Morgan fingerprint density at radius 2 is 1.87 bits per heavy atom. The van der Waals surface area contributed by atoms with E-state index in [-0.39, 0.29) is 0 Å². The maximum absolute atomic E-state index is 13.8. The van der Waals surface area contributed by atoms with Crippen molar-refractivity contribution in [3.8, 4) is 0 Å². The number of carboxylic acids is 1. The van der Waals surface area contributed by atoms with Crippen LogP contribution in [0.1, 0.15) is 20.3 Å². The van der Waals surface area contributed by atoms with Gasteiger partial charge < -0.3 is 5.11 Å². The highest BCUT2D eigenvalue weighted by molar-refractivity contribution is 7.90. The summed E-state index contributed by atoms with van der Waals surface area (Å²) in [5.41, 5.74) is 0. The molecule has 0 amide bonds. The van der Waals surface area contributed by atoms with Crippen LogP contribution in [0.5, 0.6) is 0 Å². The molecule has 0 spiro atoms. The summed E-state index contributed by atoms with van der Waals surface area (Å²) >= 11 is 0. The maximum Gasteiger partial charge on any atom is 0.322 e. The Balaban J connectivity index is 3.24. The van der Waals surface area contributed by atoms with Gasteiger partial charge in [-0.25, -0.2) is 21.2 Å². The van der Waals surface area contributed by atoms with Crippen LogP contribution in [-0.4, -0.2) is 40.2 Å². The first-order valence-corrected chi connectivity index (χ1v) is 10.0. The second-order valence-electron chi connectivity index (χ2n) is 5.19. The molecule has 0 aliphatic carbocycles. The lowest BCUT2D eigenvalue weighted by atomic mass is 10.0. The number of carbonyl (C=O) groups is 1. The van der Waals surface area contributed by atoms with Crippen LogP contribution in [0.15, 0.2) is 28.0 Å². The van der Waals surface area contributed by atoms with E-state index in [1.807, 2.05) is 4.72 Å². The zero-order valence-corrected chi connectivity index (χ0v) is 14.4. The third kappa shape index (κ3) is 4.72. The molecule has 0 saturated carbocycles. The fourth-order valence-corrected chi connectivity index (χ4v) is 3.87. The van der Waals surface area contributed by atoms with Crippen LogP contribution in [0.3, 0.4) is 0 Å². The van der Waals surface area contributed by atoms with E-state index in [2.05, 4.69) is 0 Å². The molecule has 0 fully saturated rings. The number of sulfone groups is 1. The van der Waals surface area contributed by atoms with Gasteiger partial charge in [-0.2, -0.15) is 4.72 Å². The lowest BCUT2D eigenvalue weighted by Crippen LogP contribution is -2.44. The third-order valence-electron chi connectivity index (χ3n) is 3.37. The molecule has 7 nitrogen and oxygen atoms in total. The number of benzene rings is 1. The van der Waals surface area contributed by atoms with E-state index in [1.54, 1.807) is 13.8 Å². The molecule has 0 heterocycles. The fourth-order valence-electron chi connectivity index (χ4n) is 1.83. The summed E-state index contributed by atoms with van der Waals surface area (Å²) in [6, 6.07) is 0.923. The molecule has 0 aliphatic heterocycles. The average molecular weight is 367 g/mol. The van der Waals surface area contributed by atoms with Gasteiger partial charge in [0.1, 0.15) is 16.8 Å². The highest BCUT2D eigenvalue weighted by Crippen LogP contribution is 2.20. The molecule has 0 unspecified atom stereocenters. The summed E-state index contributed by atoms with van der Waals surface area (Å²) in [4.78, 5) is 10.0. The Kier molecular flexibility index (Phi) is 5.89. The van der Waals surface area contributed by atoms with Crippen molar-refractivity contribution < 1.29 is 31.1 Å². The molecular weight excluding hydrogens is 349 g/mol. The van der Waals surface area contributed by atoms with Gasteiger partial charge in [-0.15, -0.1) is 0 Å². The van der Waals surface area contributed by atoms with Crippen LogP contribution >= 0.6 is 0 Å². The van der Waals surface area contributed by atoms with E-state index >= 15 is 0 Å². The molecule has 0 bridgehead atoms. The number of hydrogen-bond acceptors (Lipinski definition) is 5. The molecule has 1 aromatic carbocycles. The SMILES string of the molecule is CC[C@H](C)[C@H](NS(=O)(=O)c1ccc(S(C)(=O)=O)c(F)c1)C(=O)O. The fraction of sp³-hybridized carbons (Fsp3) is 0.462. The molecule has 0 aromatic heterocycles. The van der Waals surface area contributed by atoms with Gasteiger partial charge in [0.25, 0.3) is 0 Å². The van der Waals surface area contributed by atoms with Gasteiger partial charge in [-0.05, 0) is 24.1 Å². The minimum atomic E-state index is -4.31. The predicted octanol–water partition coefficient (Wildman–Crippen LogP) is 1.01. The van der Waals surface area contributed by atoms with Crippen LogP contribution in [0.4, 0.5) is 4.39 Å². The van der Waals surface area contributed by atoms with Crippen LogP contribution < -0.4 is 4.72 Å². The van der Waals surface area contributed by atoms with Gasteiger partial charge in [0.2, 0.25) is 10.0 Å². The van der Waals surface area contributed by atoms with Crippen molar-refractivity contribution in [1.82, 2.24) is 4.72 Å². The Morgan fingerprint density at radius 3 is 2.26 bits per heavy atom. The highest BCUT2D eigenvalue weighted by atomic mass is 32.2. The van der Waals surface area contributed by atoms with Crippen molar-refractivity contribution in [2.24, 2.45) is 5.92 Å². The standard InChI is InChI=1S/C13H18FNO6S2/c1-4-8(2)12(13(16)17)15-23(20,21)9-5-6-11(10(14)7-9)22(3,18)19/h5-8,12,15H,4H2,1-3H3,(H,16,17)/t8-,12-/m0/s1. The first kappa shape index (κ1) is 19.5. The first-order valence-electron chi connectivity index (χ1n) is 6.65. The summed E-state index contributed by atoms with van der Waals surface area (Å²) < 4.78 is 62.8. The normalized spacial score (nSPS) is 15.1. The molecule has 130 valence electrons. The van der Waals surface area contributed by atoms with Gasteiger partial charge in [-0.1, -0.05) is 20.3 Å². The number of carboxylic acid groups (broad SMARTS) is 1. The number of halogens is 1. The van der Waals surface area contributed by atoms with Crippen molar-refractivity contribution in [2.75, 3.05) is 6.26 Å². The predicted molar refractivity (Wildman–Crippen MR) is 80.7 cm³/mol. The van der Waals surface area contributed by atoms with Crippen molar-refractivity contribution in [1.29, 1.82) is 0 Å². The lowest BCUT2D eigenvalue weighted by molar-refractivity contribution is -0.140. The summed E-state index contributed by atoms with van der Waals surface area (Å²) in [6.45, 7) is 3.27. The molecule has 23 heavy (non-hydrogen) atoms. The monoisotopic (exact) mass is 367 g/mol.